The minimum Gasteiger partial charge on any atom is -0.312 e. The van der Waals surface area contributed by atoms with Gasteiger partial charge in [0, 0.05) is 18.8 Å². The number of benzene rings is 1. The molecular formula is C11H13F4NS. The standard InChI is InChI=1S/C11H13F4NS/c1-17-5-4-16-7-8-2-3-9(12)6-10(8)11(13,14)15/h2-3,6,16H,4-5,7H2,1H3. The summed E-state index contributed by atoms with van der Waals surface area (Å²) in [5.74, 6) is -0.0482. The van der Waals surface area contributed by atoms with Crippen LogP contribution < -0.4 is 5.32 Å². The molecule has 6 heteroatoms. The summed E-state index contributed by atoms with van der Waals surface area (Å²) in [5, 5.41) is 2.89. The second kappa shape index (κ2) is 6.26. The molecule has 1 aromatic carbocycles. The van der Waals surface area contributed by atoms with Gasteiger partial charge >= 0.3 is 6.18 Å². The van der Waals surface area contributed by atoms with Crippen molar-refractivity contribution in [2.24, 2.45) is 0 Å². The van der Waals surface area contributed by atoms with Crippen molar-refractivity contribution >= 4 is 11.8 Å². The SMILES string of the molecule is CSCCNCc1ccc(F)cc1C(F)(F)F. The second-order valence-electron chi connectivity index (χ2n) is 3.47. The molecule has 0 unspecified atom stereocenters. The van der Waals surface area contributed by atoms with E-state index in [1.54, 1.807) is 11.8 Å². The summed E-state index contributed by atoms with van der Waals surface area (Å²) in [5.41, 5.74) is -0.839. The average molecular weight is 267 g/mol. The molecule has 0 aromatic heterocycles. The smallest absolute Gasteiger partial charge is 0.312 e. The van der Waals surface area contributed by atoms with Crippen LogP contribution in [0, 0.1) is 5.82 Å². The van der Waals surface area contributed by atoms with Gasteiger partial charge in [-0.2, -0.15) is 24.9 Å². The molecule has 96 valence electrons. The number of rotatable bonds is 5. The summed E-state index contributed by atoms with van der Waals surface area (Å²) in [6.45, 7) is 0.714. The van der Waals surface area contributed by atoms with Crippen molar-refractivity contribution in [1.82, 2.24) is 5.32 Å². The Balaban J connectivity index is 2.77. The Bertz CT molecular complexity index is 365. The number of hydrogen-bond donors (Lipinski definition) is 1. The summed E-state index contributed by atoms with van der Waals surface area (Å²) in [7, 11) is 0. The van der Waals surface area contributed by atoms with Crippen molar-refractivity contribution in [3.8, 4) is 0 Å². The Kier molecular flexibility index (Phi) is 5.27. The van der Waals surface area contributed by atoms with Crippen LogP contribution in [0.15, 0.2) is 18.2 Å². The monoisotopic (exact) mass is 267 g/mol. The van der Waals surface area contributed by atoms with Crippen LogP contribution in [0.5, 0.6) is 0 Å². The van der Waals surface area contributed by atoms with Crippen LogP contribution >= 0.6 is 11.8 Å². The maximum atomic E-state index is 12.8. The van der Waals surface area contributed by atoms with Crippen molar-refractivity contribution in [1.29, 1.82) is 0 Å². The maximum absolute atomic E-state index is 12.8. The van der Waals surface area contributed by atoms with E-state index in [0.717, 1.165) is 11.8 Å². The highest BCUT2D eigenvalue weighted by Crippen LogP contribution is 2.32. The third-order valence-electron chi connectivity index (χ3n) is 2.18. The van der Waals surface area contributed by atoms with E-state index in [1.807, 2.05) is 6.26 Å². The van der Waals surface area contributed by atoms with E-state index in [9.17, 15) is 17.6 Å². The molecule has 1 aromatic rings. The van der Waals surface area contributed by atoms with Gasteiger partial charge in [-0.05, 0) is 24.0 Å². The summed E-state index contributed by atoms with van der Waals surface area (Å²) >= 11 is 1.60. The Morgan fingerprint density at radius 3 is 2.59 bits per heavy atom. The summed E-state index contributed by atoms with van der Waals surface area (Å²) in [6, 6.07) is 2.75. The van der Waals surface area contributed by atoms with Crippen molar-refractivity contribution in [2.45, 2.75) is 12.7 Å². The van der Waals surface area contributed by atoms with E-state index in [-0.39, 0.29) is 12.1 Å². The number of hydrogen-bond acceptors (Lipinski definition) is 2. The molecule has 0 radical (unpaired) electrons. The second-order valence-corrected chi connectivity index (χ2v) is 4.45. The number of thioether (sulfide) groups is 1. The van der Waals surface area contributed by atoms with E-state index in [2.05, 4.69) is 5.32 Å². The van der Waals surface area contributed by atoms with Crippen LogP contribution in [0.4, 0.5) is 17.6 Å². The Morgan fingerprint density at radius 2 is 2.00 bits per heavy atom. The zero-order chi connectivity index (χ0) is 12.9. The third-order valence-corrected chi connectivity index (χ3v) is 2.79. The molecule has 0 amide bonds. The van der Waals surface area contributed by atoms with Gasteiger partial charge in [-0.25, -0.2) is 4.39 Å². The number of nitrogens with one attached hydrogen (secondary N) is 1. The molecule has 17 heavy (non-hydrogen) atoms. The molecule has 0 heterocycles. The molecule has 1 nitrogen and oxygen atoms in total. The highest BCUT2D eigenvalue weighted by Gasteiger charge is 2.33. The molecule has 0 atom stereocenters. The largest absolute Gasteiger partial charge is 0.416 e. The van der Waals surface area contributed by atoms with Crippen LogP contribution in [0.3, 0.4) is 0 Å². The lowest BCUT2D eigenvalue weighted by molar-refractivity contribution is -0.138. The molecule has 1 rings (SSSR count). The zero-order valence-electron chi connectivity index (χ0n) is 9.27. The van der Waals surface area contributed by atoms with Gasteiger partial charge in [0.05, 0.1) is 5.56 Å². The lowest BCUT2D eigenvalue weighted by Crippen LogP contribution is -2.19. The van der Waals surface area contributed by atoms with E-state index < -0.39 is 17.6 Å². The van der Waals surface area contributed by atoms with E-state index in [4.69, 9.17) is 0 Å². The Hall–Kier alpha value is -0.750. The van der Waals surface area contributed by atoms with Gasteiger partial charge in [-0.1, -0.05) is 6.07 Å². The van der Waals surface area contributed by atoms with Crippen LogP contribution in [-0.2, 0) is 12.7 Å². The van der Waals surface area contributed by atoms with Crippen LogP contribution in [-0.4, -0.2) is 18.6 Å². The molecule has 1 N–H and O–H groups in total. The van der Waals surface area contributed by atoms with Gasteiger partial charge in [-0.15, -0.1) is 0 Å². The van der Waals surface area contributed by atoms with Crippen LogP contribution in [0.1, 0.15) is 11.1 Å². The molecule has 0 spiro atoms. The van der Waals surface area contributed by atoms with E-state index in [0.29, 0.717) is 12.6 Å². The van der Waals surface area contributed by atoms with Crippen molar-refractivity contribution in [3.05, 3.63) is 35.1 Å². The van der Waals surface area contributed by atoms with Crippen LogP contribution in [0.2, 0.25) is 0 Å². The topological polar surface area (TPSA) is 12.0 Å². The number of alkyl halides is 3. The minimum absolute atomic E-state index is 0.0694. The predicted molar refractivity (Wildman–Crippen MR) is 61.5 cm³/mol. The lowest BCUT2D eigenvalue weighted by atomic mass is 10.1. The molecule has 0 saturated carbocycles. The zero-order valence-corrected chi connectivity index (χ0v) is 10.1. The maximum Gasteiger partial charge on any atom is 0.416 e. The highest BCUT2D eigenvalue weighted by molar-refractivity contribution is 7.98. The third kappa shape index (κ3) is 4.55. The van der Waals surface area contributed by atoms with Gasteiger partial charge in [-0.3, -0.25) is 0 Å². The molecule has 0 saturated heterocycles. The molecular weight excluding hydrogens is 254 g/mol. The summed E-state index contributed by atoms with van der Waals surface area (Å²) < 4.78 is 50.6. The lowest BCUT2D eigenvalue weighted by Gasteiger charge is -2.13. The fraction of sp³-hybridized carbons (Fsp3) is 0.455. The van der Waals surface area contributed by atoms with Crippen molar-refractivity contribution < 1.29 is 17.6 Å². The van der Waals surface area contributed by atoms with Gasteiger partial charge in [0.1, 0.15) is 5.82 Å². The summed E-state index contributed by atoms with van der Waals surface area (Å²) in [6.07, 6.45) is -2.60. The van der Waals surface area contributed by atoms with Gasteiger partial charge in [0.25, 0.3) is 0 Å². The first kappa shape index (κ1) is 14.3. The molecule has 0 aliphatic carbocycles. The Morgan fingerprint density at radius 1 is 1.29 bits per heavy atom. The minimum atomic E-state index is -4.52. The normalized spacial score (nSPS) is 11.8. The van der Waals surface area contributed by atoms with Crippen molar-refractivity contribution in [2.75, 3.05) is 18.6 Å². The number of halogens is 4. The van der Waals surface area contributed by atoms with Gasteiger partial charge in [0.2, 0.25) is 0 Å². The highest BCUT2D eigenvalue weighted by atomic mass is 32.2. The molecule has 0 aliphatic rings. The molecule has 0 fully saturated rings. The quantitative estimate of drug-likeness (QED) is 0.649. The van der Waals surface area contributed by atoms with Gasteiger partial charge in [0.15, 0.2) is 0 Å². The van der Waals surface area contributed by atoms with Gasteiger partial charge < -0.3 is 5.32 Å². The first-order valence-electron chi connectivity index (χ1n) is 5.00. The Labute approximate surface area is 102 Å². The molecule has 0 aliphatic heterocycles. The first-order valence-corrected chi connectivity index (χ1v) is 6.40. The van der Waals surface area contributed by atoms with E-state index in [1.165, 1.54) is 6.07 Å². The van der Waals surface area contributed by atoms with Crippen LogP contribution in [0.25, 0.3) is 0 Å². The molecule has 0 bridgehead atoms. The predicted octanol–water partition coefficient (Wildman–Crippen LogP) is 3.30. The van der Waals surface area contributed by atoms with E-state index >= 15 is 0 Å². The summed E-state index contributed by atoms with van der Waals surface area (Å²) in [4.78, 5) is 0. The fourth-order valence-electron chi connectivity index (χ4n) is 1.36. The fourth-order valence-corrected chi connectivity index (χ4v) is 1.71. The average Bonchev–Trinajstić information content (AvgIpc) is 2.25. The van der Waals surface area contributed by atoms with Crippen molar-refractivity contribution in [3.63, 3.8) is 0 Å². The first-order chi connectivity index (χ1) is 7.95.